The SMILES string of the molecule is CSC(C)CNC(C)c1cc2c(s1)CCCC2. The van der Waals surface area contributed by atoms with Crippen LogP contribution in [0.15, 0.2) is 6.07 Å². The van der Waals surface area contributed by atoms with Gasteiger partial charge in [-0.15, -0.1) is 11.3 Å². The molecule has 0 saturated heterocycles. The normalized spacial score (nSPS) is 18.8. The fourth-order valence-electron chi connectivity index (χ4n) is 2.25. The van der Waals surface area contributed by atoms with Gasteiger partial charge in [-0.05, 0) is 50.5 Å². The highest BCUT2D eigenvalue weighted by molar-refractivity contribution is 7.99. The Morgan fingerprint density at radius 2 is 2.12 bits per heavy atom. The van der Waals surface area contributed by atoms with Crippen LogP contribution in [0.4, 0.5) is 0 Å². The van der Waals surface area contributed by atoms with Gasteiger partial charge in [-0.3, -0.25) is 0 Å². The van der Waals surface area contributed by atoms with Gasteiger partial charge in [0.05, 0.1) is 0 Å². The first-order chi connectivity index (χ1) is 8.20. The molecule has 0 aromatic carbocycles. The van der Waals surface area contributed by atoms with Crippen molar-refractivity contribution in [2.75, 3.05) is 12.8 Å². The van der Waals surface area contributed by atoms with Gasteiger partial charge in [0, 0.05) is 27.6 Å². The van der Waals surface area contributed by atoms with Gasteiger partial charge in [0.15, 0.2) is 0 Å². The molecule has 1 nitrogen and oxygen atoms in total. The summed E-state index contributed by atoms with van der Waals surface area (Å²) in [6.07, 6.45) is 7.57. The van der Waals surface area contributed by atoms with Gasteiger partial charge in [0.2, 0.25) is 0 Å². The van der Waals surface area contributed by atoms with E-state index in [4.69, 9.17) is 0 Å². The van der Waals surface area contributed by atoms with E-state index in [9.17, 15) is 0 Å². The molecule has 0 fully saturated rings. The Morgan fingerprint density at radius 3 is 2.82 bits per heavy atom. The molecule has 0 spiro atoms. The van der Waals surface area contributed by atoms with E-state index in [1.54, 1.807) is 10.4 Å². The number of thiophene rings is 1. The van der Waals surface area contributed by atoms with E-state index in [2.05, 4.69) is 31.5 Å². The predicted octanol–water partition coefficient (Wildman–Crippen LogP) is 4.03. The quantitative estimate of drug-likeness (QED) is 0.866. The van der Waals surface area contributed by atoms with Gasteiger partial charge >= 0.3 is 0 Å². The molecule has 0 radical (unpaired) electrons. The number of thioether (sulfide) groups is 1. The van der Waals surface area contributed by atoms with Crippen LogP contribution in [0.1, 0.15) is 48.0 Å². The number of hydrogen-bond donors (Lipinski definition) is 1. The van der Waals surface area contributed by atoms with E-state index >= 15 is 0 Å². The molecule has 0 aliphatic heterocycles. The van der Waals surface area contributed by atoms with E-state index in [-0.39, 0.29) is 0 Å². The first kappa shape index (κ1) is 13.4. The largest absolute Gasteiger partial charge is 0.308 e. The molecule has 0 amide bonds. The Balaban J connectivity index is 1.94. The number of nitrogens with one attached hydrogen (secondary N) is 1. The molecular formula is C14H23NS2. The molecule has 3 heteroatoms. The molecular weight excluding hydrogens is 246 g/mol. The summed E-state index contributed by atoms with van der Waals surface area (Å²) >= 11 is 3.96. The lowest BCUT2D eigenvalue weighted by molar-refractivity contribution is 0.583. The van der Waals surface area contributed by atoms with Crippen molar-refractivity contribution in [3.8, 4) is 0 Å². The zero-order valence-corrected chi connectivity index (χ0v) is 12.7. The summed E-state index contributed by atoms with van der Waals surface area (Å²) in [6.45, 7) is 5.68. The van der Waals surface area contributed by atoms with Crippen LogP contribution >= 0.6 is 23.1 Å². The van der Waals surface area contributed by atoms with E-state index in [1.165, 1.54) is 30.6 Å². The van der Waals surface area contributed by atoms with Crippen molar-refractivity contribution in [1.82, 2.24) is 5.32 Å². The number of aryl methyl sites for hydroxylation is 2. The summed E-state index contributed by atoms with van der Waals surface area (Å²) in [5.41, 5.74) is 1.63. The average Bonchev–Trinajstić information content (AvgIpc) is 2.79. The van der Waals surface area contributed by atoms with Crippen molar-refractivity contribution in [3.63, 3.8) is 0 Å². The van der Waals surface area contributed by atoms with E-state index in [1.807, 2.05) is 23.1 Å². The van der Waals surface area contributed by atoms with E-state index < -0.39 is 0 Å². The Hall–Kier alpha value is 0.01000. The summed E-state index contributed by atoms with van der Waals surface area (Å²) in [4.78, 5) is 3.18. The van der Waals surface area contributed by atoms with Crippen LogP contribution in [0, 0.1) is 0 Å². The Kier molecular flexibility index (Phi) is 4.95. The van der Waals surface area contributed by atoms with Crippen LogP contribution in [0.3, 0.4) is 0 Å². The van der Waals surface area contributed by atoms with Gasteiger partial charge in [-0.25, -0.2) is 0 Å². The van der Waals surface area contributed by atoms with E-state index in [0.717, 1.165) is 6.54 Å². The molecule has 2 rings (SSSR count). The second-order valence-electron chi connectivity index (χ2n) is 4.98. The summed E-state index contributed by atoms with van der Waals surface area (Å²) in [5.74, 6) is 0. The molecule has 1 aliphatic rings. The van der Waals surface area contributed by atoms with Crippen LogP contribution < -0.4 is 5.32 Å². The lowest BCUT2D eigenvalue weighted by Gasteiger charge is -2.15. The van der Waals surface area contributed by atoms with Crippen LogP contribution in [-0.4, -0.2) is 18.1 Å². The fraction of sp³-hybridized carbons (Fsp3) is 0.714. The van der Waals surface area contributed by atoms with Crippen molar-refractivity contribution >= 4 is 23.1 Å². The monoisotopic (exact) mass is 269 g/mol. The minimum Gasteiger partial charge on any atom is -0.308 e. The highest BCUT2D eigenvalue weighted by atomic mass is 32.2. The Labute approximate surface area is 113 Å². The Morgan fingerprint density at radius 1 is 1.35 bits per heavy atom. The third-order valence-corrected chi connectivity index (χ3v) is 5.95. The molecule has 2 atom stereocenters. The second kappa shape index (κ2) is 6.26. The highest BCUT2D eigenvalue weighted by Crippen LogP contribution is 2.32. The lowest BCUT2D eigenvalue weighted by atomic mass is 9.99. The molecule has 0 bridgehead atoms. The number of fused-ring (bicyclic) bond motifs is 1. The molecule has 1 heterocycles. The van der Waals surface area contributed by atoms with E-state index in [0.29, 0.717) is 11.3 Å². The third-order valence-electron chi connectivity index (χ3n) is 3.56. The van der Waals surface area contributed by atoms with Crippen molar-refractivity contribution in [2.24, 2.45) is 0 Å². The molecule has 0 saturated carbocycles. The van der Waals surface area contributed by atoms with Crippen molar-refractivity contribution in [1.29, 1.82) is 0 Å². The molecule has 1 aromatic rings. The predicted molar refractivity (Wildman–Crippen MR) is 80.4 cm³/mol. The smallest absolute Gasteiger partial charge is 0.0386 e. The average molecular weight is 269 g/mol. The molecule has 1 aromatic heterocycles. The van der Waals surface area contributed by atoms with Crippen LogP contribution in [-0.2, 0) is 12.8 Å². The zero-order chi connectivity index (χ0) is 12.3. The van der Waals surface area contributed by atoms with Gasteiger partial charge in [-0.1, -0.05) is 6.92 Å². The second-order valence-corrected chi connectivity index (χ2v) is 7.43. The summed E-state index contributed by atoms with van der Waals surface area (Å²) in [5, 5.41) is 4.35. The van der Waals surface area contributed by atoms with Crippen molar-refractivity contribution in [3.05, 3.63) is 21.4 Å². The maximum Gasteiger partial charge on any atom is 0.0386 e. The molecule has 96 valence electrons. The Bertz CT molecular complexity index is 336. The van der Waals surface area contributed by atoms with Gasteiger partial charge in [0.1, 0.15) is 0 Å². The standard InChI is InChI=1S/C14H23NS2/c1-10(16-3)9-15-11(2)14-8-12-6-4-5-7-13(12)17-14/h8,10-11,15H,4-7,9H2,1-3H3. The topological polar surface area (TPSA) is 12.0 Å². The first-order valence-corrected chi connectivity index (χ1v) is 8.68. The summed E-state index contributed by atoms with van der Waals surface area (Å²) in [7, 11) is 0. The minimum absolute atomic E-state index is 0.514. The first-order valence-electron chi connectivity index (χ1n) is 6.58. The van der Waals surface area contributed by atoms with Crippen LogP contribution in [0.5, 0.6) is 0 Å². The van der Waals surface area contributed by atoms with Gasteiger partial charge < -0.3 is 5.32 Å². The fourth-order valence-corrected chi connectivity index (χ4v) is 3.80. The minimum atomic E-state index is 0.514. The summed E-state index contributed by atoms with van der Waals surface area (Å²) < 4.78 is 0. The molecule has 1 aliphatic carbocycles. The number of hydrogen-bond acceptors (Lipinski definition) is 3. The molecule has 17 heavy (non-hydrogen) atoms. The van der Waals surface area contributed by atoms with Crippen LogP contribution in [0.25, 0.3) is 0 Å². The molecule has 1 N–H and O–H groups in total. The lowest BCUT2D eigenvalue weighted by Crippen LogP contribution is -2.25. The maximum absolute atomic E-state index is 3.65. The van der Waals surface area contributed by atoms with Crippen LogP contribution in [0.2, 0.25) is 0 Å². The maximum atomic E-state index is 3.65. The number of rotatable bonds is 5. The highest BCUT2D eigenvalue weighted by Gasteiger charge is 2.16. The molecule has 2 unspecified atom stereocenters. The van der Waals surface area contributed by atoms with Crippen molar-refractivity contribution in [2.45, 2.75) is 50.8 Å². The zero-order valence-electron chi connectivity index (χ0n) is 11.1. The van der Waals surface area contributed by atoms with Gasteiger partial charge in [0.25, 0.3) is 0 Å². The van der Waals surface area contributed by atoms with Crippen molar-refractivity contribution < 1.29 is 0 Å². The third kappa shape index (κ3) is 3.49. The summed E-state index contributed by atoms with van der Waals surface area (Å²) in [6, 6.07) is 2.96. The van der Waals surface area contributed by atoms with Gasteiger partial charge in [-0.2, -0.15) is 11.8 Å².